The molecule has 2 aliphatic rings. The number of rotatable bonds is 15. The van der Waals surface area contributed by atoms with Crippen LogP contribution in [0.2, 0.25) is 5.02 Å². The molecule has 45 heavy (non-hydrogen) atoms. The summed E-state index contributed by atoms with van der Waals surface area (Å²) < 4.78 is 31.6. The lowest BCUT2D eigenvalue weighted by atomic mass is 9.72. The van der Waals surface area contributed by atoms with Crippen LogP contribution in [0.5, 0.6) is 5.75 Å². The second-order valence-corrected chi connectivity index (χ2v) is 15.8. The van der Waals surface area contributed by atoms with Gasteiger partial charge in [0, 0.05) is 38.1 Å². The fourth-order valence-electron chi connectivity index (χ4n) is 6.46. The Labute approximate surface area is 273 Å². The number of methoxy groups -OCH3 is 1. The summed E-state index contributed by atoms with van der Waals surface area (Å²) in [5.74, 6) is 1.31. The highest BCUT2D eigenvalue weighted by Gasteiger charge is 2.50. The number of hydrogen-bond donors (Lipinski definition) is 2. The van der Waals surface area contributed by atoms with E-state index in [1.165, 1.54) is 70.2 Å². The molecule has 0 bridgehead atoms. The predicted octanol–water partition coefficient (Wildman–Crippen LogP) is 6.86. The number of ether oxygens (including phenoxy) is 1. The summed E-state index contributed by atoms with van der Waals surface area (Å²) in [7, 11) is -1.87. The van der Waals surface area contributed by atoms with Crippen molar-refractivity contribution < 1.29 is 13.2 Å². The molecule has 1 aromatic heterocycles. The third-order valence-corrected chi connectivity index (χ3v) is 11.5. The van der Waals surface area contributed by atoms with E-state index in [4.69, 9.17) is 16.3 Å². The number of likely N-dealkylation sites (tertiary alicyclic amines) is 2. The molecule has 0 unspecified atom stereocenters. The maximum absolute atomic E-state index is 12.9. The lowest BCUT2D eigenvalue weighted by Crippen LogP contribution is -2.72. The molecule has 0 amide bonds. The van der Waals surface area contributed by atoms with Crippen molar-refractivity contribution in [2.75, 3.05) is 57.0 Å². The molecule has 0 atom stereocenters. The van der Waals surface area contributed by atoms with Crippen molar-refractivity contribution in [1.82, 2.24) is 19.8 Å². The van der Waals surface area contributed by atoms with Crippen molar-refractivity contribution in [3.63, 3.8) is 0 Å². The van der Waals surface area contributed by atoms with Gasteiger partial charge in [-0.15, -0.1) is 0 Å². The van der Waals surface area contributed by atoms with Gasteiger partial charge < -0.3 is 25.2 Å². The van der Waals surface area contributed by atoms with Crippen LogP contribution >= 0.6 is 11.6 Å². The van der Waals surface area contributed by atoms with Crippen LogP contribution in [0, 0.1) is 12.3 Å². The zero-order valence-electron chi connectivity index (χ0n) is 27.2. The molecular formula is C34H47ClN6O3S. The monoisotopic (exact) mass is 654 g/mol. The molecule has 1 spiro atoms. The molecule has 2 N–H and O–H groups in total. The first-order chi connectivity index (χ1) is 21.5. The minimum absolute atomic E-state index is 0.193. The zero-order chi connectivity index (χ0) is 32.2. The first-order valence-corrected chi connectivity index (χ1v) is 18.0. The number of unbranched alkanes of at least 4 members (excludes halogenated alkanes) is 3. The van der Waals surface area contributed by atoms with Gasteiger partial charge in [0.25, 0.3) is 0 Å². The highest BCUT2D eigenvalue weighted by molar-refractivity contribution is 7.92. The van der Waals surface area contributed by atoms with E-state index in [1.807, 2.05) is 0 Å². The van der Waals surface area contributed by atoms with E-state index in [1.54, 1.807) is 45.2 Å². The quantitative estimate of drug-likeness (QED) is 0.170. The molecule has 0 aliphatic carbocycles. The average Bonchev–Trinajstić information content (AvgIpc) is 2.97. The second kappa shape index (κ2) is 14.2. The topological polar surface area (TPSA) is 99.7 Å². The van der Waals surface area contributed by atoms with E-state index in [2.05, 4.69) is 56.4 Å². The number of aryl methyl sites for hydroxylation is 1. The van der Waals surface area contributed by atoms with Crippen molar-refractivity contribution in [2.45, 2.75) is 69.9 Å². The summed E-state index contributed by atoms with van der Waals surface area (Å²) >= 11 is 6.43. The van der Waals surface area contributed by atoms with Gasteiger partial charge in [-0.1, -0.05) is 49.9 Å². The number of aromatic nitrogens is 2. The first-order valence-electron chi connectivity index (χ1n) is 16.1. The minimum atomic E-state index is -3.52. The third kappa shape index (κ3) is 7.73. The summed E-state index contributed by atoms with van der Waals surface area (Å²) in [6, 6.07) is 10.9. The van der Waals surface area contributed by atoms with Gasteiger partial charge >= 0.3 is 0 Å². The van der Waals surface area contributed by atoms with Crippen LogP contribution < -0.4 is 15.4 Å². The van der Waals surface area contributed by atoms with E-state index in [-0.39, 0.29) is 9.92 Å². The van der Waals surface area contributed by atoms with Gasteiger partial charge in [0.1, 0.15) is 10.8 Å². The molecule has 2 fully saturated rings. The van der Waals surface area contributed by atoms with Crippen LogP contribution in [0.25, 0.3) is 0 Å². The van der Waals surface area contributed by atoms with Crippen molar-refractivity contribution in [3.05, 3.63) is 58.7 Å². The number of benzene rings is 2. The fourth-order valence-corrected chi connectivity index (χ4v) is 7.80. The summed E-state index contributed by atoms with van der Waals surface area (Å²) in [5, 5.41) is 6.07. The Morgan fingerprint density at radius 2 is 1.71 bits per heavy atom. The second-order valence-electron chi connectivity index (χ2n) is 12.9. The van der Waals surface area contributed by atoms with Crippen molar-refractivity contribution in [1.29, 1.82) is 0 Å². The maximum atomic E-state index is 12.9. The summed E-state index contributed by atoms with van der Waals surface area (Å²) in [5.41, 5.74) is 4.09. The SMILES string of the molecule is CCCCCCN1CC2(C1)CN(CCc1cc(OC)c(Nc3ncc(Cl)c(Nc4ccccc4S(=O)(=O)C(C)C)n3)cc1C)C2. The Hall–Kier alpha value is -2.92. The average molecular weight is 655 g/mol. The minimum Gasteiger partial charge on any atom is -0.495 e. The maximum Gasteiger partial charge on any atom is 0.229 e. The lowest BCUT2D eigenvalue weighted by molar-refractivity contribution is -0.114. The standard InChI is InChI=1S/C34H47ClN6O3S/c1-6-7-8-11-15-40-20-34(21-40)22-41(23-34)16-14-26-18-30(44-5)29(17-25(26)4)38-33-36-19-27(35)32(39-33)37-28-12-9-10-13-31(28)45(42,43)24(2)3/h9-10,12-13,17-19,24H,6-8,11,14-16,20-23H2,1-5H3,(H2,36,37,38,39). The Kier molecular flexibility index (Phi) is 10.6. The molecule has 9 nitrogen and oxygen atoms in total. The van der Waals surface area contributed by atoms with Crippen LogP contribution in [0.15, 0.2) is 47.5 Å². The molecule has 2 aromatic carbocycles. The molecule has 2 aliphatic heterocycles. The molecule has 244 valence electrons. The first kappa shape index (κ1) is 33.4. The van der Waals surface area contributed by atoms with E-state index >= 15 is 0 Å². The summed E-state index contributed by atoms with van der Waals surface area (Å²) in [6.07, 6.45) is 7.79. The van der Waals surface area contributed by atoms with Crippen LogP contribution in [-0.4, -0.2) is 79.8 Å². The summed E-state index contributed by atoms with van der Waals surface area (Å²) in [4.78, 5) is 14.3. The van der Waals surface area contributed by atoms with E-state index in [0.717, 1.165) is 24.2 Å². The molecule has 0 saturated carbocycles. The van der Waals surface area contributed by atoms with E-state index < -0.39 is 15.1 Å². The molecule has 3 aromatic rings. The largest absolute Gasteiger partial charge is 0.495 e. The molecule has 2 saturated heterocycles. The molecule has 0 radical (unpaired) electrons. The lowest BCUT2D eigenvalue weighted by Gasteiger charge is -2.60. The van der Waals surface area contributed by atoms with Gasteiger partial charge in [0.05, 0.1) is 34.8 Å². The highest BCUT2D eigenvalue weighted by atomic mass is 35.5. The zero-order valence-corrected chi connectivity index (χ0v) is 28.8. The Bertz CT molecular complexity index is 1580. The Morgan fingerprint density at radius 3 is 2.40 bits per heavy atom. The Balaban J connectivity index is 1.20. The normalized spacial score (nSPS) is 16.4. The third-order valence-electron chi connectivity index (χ3n) is 8.98. The number of anilines is 4. The van der Waals surface area contributed by atoms with Gasteiger partial charge in [0.2, 0.25) is 5.95 Å². The van der Waals surface area contributed by atoms with Gasteiger partial charge in [-0.25, -0.2) is 13.4 Å². The molecule has 3 heterocycles. The Morgan fingerprint density at radius 1 is 1.00 bits per heavy atom. The number of nitrogens with zero attached hydrogens (tertiary/aromatic N) is 4. The van der Waals surface area contributed by atoms with Crippen LogP contribution in [0.4, 0.5) is 23.1 Å². The number of sulfone groups is 1. The molecule has 5 rings (SSSR count). The van der Waals surface area contributed by atoms with Gasteiger partial charge in [-0.2, -0.15) is 4.98 Å². The van der Waals surface area contributed by atoms with Crippen molar-refractivity contribution in [3.8, 4) is 5.75 Å². The van der Waals surface area contributed by atoms with E-state index in [0.29, 0.717) is 28.6 Å². The van der Waals surface area contributed by atoms with Crippen LogP contribution in [0.3, 0.4) is 0 Å². The van der Waals surface area contributed by atoms with Crippen molar-refractivity contribution in [2.24, 2.45) is 5.41 Å². The smallest absolute Gasteiger partial charge is 0.229 e. The van der Waals surface area contributed by atoms with Gasteiger partial charge in [-0.05, 0) is 75.5 Å². The van der Waals surface area contributed by atoms with Gasteiger partial charge in [0.15, 0.2) is 15.7 Å². The number of nitrogens with one attached hydrogen (secondary N) is 2. The fraction of sp³-hybridized carbons (Fsp3) is 0.529. The number of para-hydroxylation sites is 1. The highest BCUT2D eigenvalue weighted by Crippen LogP contribution is 2.40. The van der Waals surface area contributed by atoms with Crippen LogP contribution in [0.1, 0.15) is 57.6 Å². The van der Waals surface area contributed by atoms with Gasteiger partial charge in [-0.3, -0.25) is 0 Å². The number of hydrogen-bond acceptors (Lipinski definition) is 9. The molecular weight excluding hydrogens is 608 g/mol. The number of halogens is 1. The molecule has 11 heteroatoms. The predicted molar refractivity (Wildman–Crippen MR) is 183 cm³/mol. The summed E-state index contributed by atoms with van der Waals surface area (Å²) in [6.45, 7) is 14.9. The van der Waals surface area contributed by atoms with Crippen molar-refractivity contribution >= 4 is 44.6 Å². The van der Waals surface area contributed by atoms with Crippen LogP contribution in [-0.2, 0) is 16.3 Å². The van der Waals surface area contributed by atoms with E-state index in [9.17, 15) is 8.42 Å².